The molecule has 3 aromatic rings. The van der Waals surface area contributed by atoms with Crippen molar-refractivity contribution in [3.05, 3.63) is 58.1 Å². The average Bonchev–Trinajstić information content (AvgIpc) is 2.84. The van der Waals surface area contributed by atoms with E-state index in [2.05, 4.69) is 4.98 Å². The number of anilines is 1. The molecule has 1 aromatic carbocycles. The van der Waals surface area contributed by atoms with Crippen LogP contribution < -0.4 is 5.73 Å². The molecular formula is C16H11F3N2OS. The number of pyridine rings is 1. The van der Waals surface area contributed by atoms with Gasteiger partial charge in [0, 0.05) is 10.9 Å². The number of nitrogens with zero attached hydrogens (tertiary/aromatic N) is 1. The Bertz CT molecular complexity index is 901. The first kappa shape index (κ1) is 15.5. The van der Waals surface area contributed by atoms with Gasteiger partial charge in [0.2, 0.25) is 5.78 Å². The molecule has 3 nitrogen and oxygen atoms in total. The topological polar surface area (TPSA) is 56.0 Å². The highest BCUT2D eigenvalue weighted by molar-refractivity contribution is 7.21. The van der Waals surface area contributed by atoms with Crippen molar-refractivity contribution in [2.75, 3.05) is 5.73 Å². The van der Waals surface area contributed by atoms with Gasteiger partial charge in [-0.05, 0) is 18.6 Å². The number of nitrogen functional groups attached to an aromatic ring is 1. The molecule has 0 saturated carbocycles. The lowest BCUT2D eigenvalue weighted by molar-refractivity contribution is -0.141. The van der Waals surface area contributed by atoms with E-state index >= 15 is 0 Å². The highest BCUT2D eigenvalue weighted by Gasteiger charge is 2.34. The first-order valence-corrected chi connectivity index (χ1v) is 7.47. The summed E-state index contributed by atoms with van der Waals surface area (Å²) in [5.74, 6) is -0.320. The Balaban J connectivity index is 2.19. The Morgan fingerprint density at radius 1 is 1.22 bits per heavy atom. The summed E-state index contributed by atoms with van der Waals surface area (Å²) < 4.78 is 38.6. The van der Waals surface area contributed by atoms with Gasteiger partial charge in [-0.15, -0.1) is 11.3 Å². The van der Waals surface area contributed by atoms with Crippen LogP contribution in [0.1, 0.15) is 26.5 Å². The number of aryl methyl sites for hydroxylation is 1. The van der Waals surface area contributed by atoms with E-state index in [1.54, 1.807) is 30.3 Å². The number of nitrogens with two attached hydrogens (primary N) is 1. The number of hydrogen-bond donors (Lipinski definition) is 1. The number of alkyl halides is 3. The lowest BCUT2D eigenvalue weighted by Gasteiger charge is -2.07. The molecule has 0 spiro atoms. The smallest absolute Gasteiger partial charge is 0.397 e. The van der Waals surface area contributed by atoms with Crippen LogP contribution >= 0.6 is 11.3 Å². The van der Waals surface area contributed by atoms with Crippen molar-refractivity contribution in [1.29, 1.82) is 0 Å². The number of fused-ring (bicyclic) bond motifs is 1. The van der Waals surface area contributed by atoms with Crippen molar-refractivity contribution in [3.63, 3.8) is 0 Å². The molecule has 2 N–H and O–H groups in total. The molecule has 0 amide bonds. The predicted octanol–water partition coefficient (Wildman–Crippen LogP) is 4.44. The number of ketones is 1. The maximum atomic E-state index is 12.9. The molecule has 0 fully saturated rings. The Kier molecular flexibility index (Phi) is 3.60. The maximum absolute atomic E-state index is 12.9. The van der Waals surface area contributed by atoms with Gasteiger partial charge in [-0.2, -0.15) is 13.2 Å². The second-order valence-electron chi connectivity index (χ2n) is 5.04. The van der Waals surface area contributed by atoms with Crippen LogP contribution in [0.15, 0.2) is 36.4 Å². The Labute approximate surface area is 133 Å². The van der Waals surface area contributed by atoms with Gasteiger partial charge in [-0.25, -0.2) is 4.98 Å². The molecule has 3 rings (SSSR count). The van der Waals surface area contributed by atoms with Gasteiger partial charge < -0.3 is 5.73 Å². The molecule has 0 aliphatic heterocycles. The summed E-state index contributed by atoms with van der Waals surface area (Å²) in [6, 6.07) is 9.40. The molecule has 2 heterocycles. The zero-order chi connectivity index (χ0) is 16.8. The average molecular weight is 336 g/mol. The third-order valence-corrected chi connectivity index (χ3v) is 4.53. The predicted molar refractivity (Wildman–Crippen MR) is 83.6 cm³/mol. The summed E-state index contributed by atoms with van der Waals surface area (Å²) in [5.41, 5.74) is 5.98. The number of carbonyl (C=O) groups is 1. The van der Waals surface area contributed by atoms with Crippen LogP contribution in [0.5, 0.6) is 0 Å². The van der Waals surface area contributed by atoms with Gasteiger partial charge in [0.1, 0.15) is 15.4 Å². The Morgan fingerprint density at radius 2 is 1.87 bits per heavy atom. The molecule has 7 heteroatoms. The minimum atomic E-state index is -4.54. The summed E-state index contributed by atoms with van der Waals surface area (Å²) in [7, 11) is 0. The second kappa shape index (κ2) is 5.34. The van der Waals surface area contributed by atoms with Crippen molar-refractivity contribution in [3.8, 4) is 0 Å². The summed E-state index contributed by atoms with van der Waals surface area (Å²) in [5, 5.41) is 0.405. The summed E-state index contributed by atoms with van der Waals surface area (Å²) in [4.78, 5) is 16.5. The van der Waals surface area contributed by atoms with E-state index in [-0.39, 0.29) is 21.2 Å². The highest BCUT2D eigenvalue weighted by Crippen LogP contribution is 2.39. The molecule has 0 unspecified atom stereocenters. The molecule has 23 heavy (non-hydrogen) atoms. The summed E-state index contributed by atoms with van der Waals surface area (Å²) >= 11 is 0.886. The van der Waals surface area contributed by atoms with Crippen LogP contribution in [-0.4, -0.2) is 10.8 Å². The maximum Gasteiger partial charge on any atom is 0.433 e. The second-order valence-corrected chi connectivity index (χ2v) is 6.04. The Morgan fingerprint density at radius 3 is 2.48 bits per heavy atom. The van der Waals surface area contributed by atoms with E-state index in [1.165, 1.54) is 6.92 Å². The fourth-order valence-corrected chi connectivity index (χ4v) is 3.48. The molecular weight excluding hydrogens is 325 g/mol. The molecule has 2 aromatic heterocycles. The van der Waals surface area contributed by atoms with Crippen molar-refractivity contribution in [2.45, 2.75) is 13.1 Å². The van der Waals surface area contributed by atoms with Gasteiger partial charge >= 0.3 is 6.18 Å². The van der Waals surface area contributed by atoms with E-state index in [9.17, 15) is 18.0 Å². The van der Waals surface area contributed by atoms with E-state index in [1.807, 2.05) is 0 Å². The minimum Gasteiger partial charge on any atom is -0.397 e. The fourth-order valence-electron chi connectivity index (χ4n) is 2.34. The highest BCUT2D eigenvalue weighted by atomic mass is 32.1. The van der Waals surface area contributed by atoms with Gasteiger partial charge in [0.15, 0.2) is 0 Å². The van der Waals surface area contributed by atoms with Crippen LogP contribution in [0.4, 0.5) is 18.9 Å². The molecule has 0 aliphatic rings. The number of aromatic nitrogens is 1. The molecule has 0 aliphatic carbocycles. The number of benzene rings is 1. The molecule has 0 bridgehead atoms. The third-order valence-electron chi connectivity index (χ3n) is 3.43. The lowest BCUT2D eigenvalue weighted by atomic mass is 10.1. The van der Waals surface area contributed by atoms with Crippen molar-refractivity contribution in [2.24, 2.45) is 0 Å². The van der Waals surface area contributed by atoms with Crippen molar-refractivity contribution >= 4 is 33.0 Å². The van der Waals surface area contributed by atoms with Gasteiger partial charge in [-0.1, -0.05) is 30.3 Å². The minimum absolute atomic E-state index is 0.120. The molecule has 0 saturated heterocycles. The van der Waals surface area contributed by atoms with Crippen LogP contribution in [0.25, 0.3) is 10.2 Å². The van der Waals surface area contributed by atoms with Gasteiger partial charge in [-0.3, -0.25) is 4.79 Å². The zero-order valence-corrected chi connectivity index (χ0v) is 12.8. The van der Waals surface area contributed by atoms with Gasteiger partial charge in [0.05, 0.1) is 5.69 Å². The molecule has 0 atom stereocenters. The zero-order valence-electron chi connectivity index (χ0n) is 11.9. The Hall–Kier alpha value is -2.41. The van der Waals surface area contributed by atoms with E-state index in [0.29, 0.717) is 16.5 Å². The van der Waals surface area contributed by atoms with Crippen LogP contribution in [0.3, 0.4) is 0 Å². The number of carbonyl (C=O) groups excluding carboxylic acids is 1. The largest absolute Gasteiger partial charge is 0.433 e. The number of halogens is 3. The normalized spacial score (nSPS) is 11.8. The van der Waals surface area contributed by atoms with Crippen LogP contribution in [0, 0.1) is 6.92 Å². The van der Waals surface area contributed by atoms with Gasteiger partial charge in [0.25, 0.3) is 0 Å². The number of hydrogen-bond acceptors (Lipinski definition) is 4. The summed E-state index contributed by atoms with van der Waals surface area (Å²) in [6.07, 6.45) is -4.54. The van der Waals surface area contributed by atoms with Crippen LogP contribution in [-0.2, 0) is 6.18 Å². The van der Waals surface area contributed by atoms with Crippen molar-refractivity contribution in [1.82, 2.24) is 4.98 Å². The number of thiophene rings is 1. The molecule has 0 radical (unpaired) electrons. The van der Waals surface area contributed by atoms with E-state index in [0.717, 1.165) is 17.4 Å². The van der Waals surface area contributed by atoms with Crippen LogP contribution in [0.2, 0.25) is 0 Å². The van der Waals surface area contributed by atoms with E-state index < -0.39 is 11.9 Å². The number of rotatable bonds is 2. The molecule has 118 valence electrons. The first-order chi connectivity index (χ1) is 10.8. The van der Waals surface area contributed by atoms with E-state index in [4.69, 9.17) is 5.73 Å². The quantitative estimate of drug-likeness (QED) is 0.704. The van der Waals surface area contributed by atoms with Crippen molar-refractivity contribution < 1.29 is 18.0 Å². The summed E-state index contributed by atoms with van der Waals surface area (Å²) in [6.45, 7) is 1.53. The monoisotopic (exact) mass is 336 g/mol. The first-order valence-electron chi connectivity index (χ1n) is 6.65. The SMILES string of the molecule is Cc1cc(C(F)(F)F)nc2sc(C(=O)c3ccccc3)c(N)c12. The third kappa shape index (κ3) is 2.68. The lowest BCUT2D eigenvalue weighted by Crippen LogP contribution is -2.08. The fraction of sp³-hybridized carbons (Fsp3) is 0.125. The standard InChI is InChI=1S/C16H11F3N2OS/c1-8-7-10(16(17,18)19)21-15-11(8)12(20)14(23-15)13(22)9-5-3-2-4-6-9/h2-7H,20H2,1H3.